The predicted molar refractivity (Wildman–Crippen MR) is 159 cm³/mol. The summed E-state index contributed by atoms with van der Waals surface area (Å²) in [6, 6.07) is 19.0. The van der Waals surface area contributed by atoms with Crippen molar-refractivity contribution in [3.8, 4) is 11.1 Å². The second-order valence-electron chi connectivity index (χ2n) is 9.49. The van der Waals surface area contributed by atoms with E-state index in [1.165, 1.54) is 12.1 Å². The molecular weight excluding hydrogens is 625 g/mol. The Balaban J connectivity index is 1.51. The monoisotopic (exact) mass is 650 g/mol. The van der Waals surface area contributed by atoms with Crippen molar-refractivity contribution in [3.05, 3.63) is 125 Å². The number of hydrogen-bond donors (Lipinski definition) is 3. The van der Waals surface area contributed by atoms with Crippen molar-refractivity contribution in [3.63, 3.8) is 0 Å². The van der Waals surface area contributed by atoms with Gasteiger partial charge in [0.1, 0.15) is 11.6 Å². The topological polar surface area (TPSA) is 101 Å². The maximum atomic E-state index is 14.1. The molecule has 0 saturated carbocycles. The number of nitrogens with one attached hydrogen (secondary N) is 2. The Hall–Kier alpha value is -4.12. The SMILES string of the molecule is NC(=O)c1cccc(-c2cccnc2[C@H](Cc2cc(F)cc(F)c2)NC(=O)Cc2c[nH]c3ccc(CI)cc23)c1. The van der Waals surface area contributed by atoms with Gasteiger partial charge in [-0.1, -0.05) is 46.9 Å². The molecule has 0 aliphatic heterocycles. The summed E-state index contributed by atoms with van der Waals surface area (Å²) in [4.78, 5) is 33.0. The first-order chi connectivity index (χ1) is 19.3. The molecular formula is C31H25F2IN4O2. The van der Waals surface area contributed by atoms with Crippen LogP contribution in [0.25, 0.3) is 22.0 Å². The van der Waals surface area contributed by atoms with Crippen LogP contribution < -0.4 is 11.1 Å². The van der Waals surface area contributed by atoms with Gasteiger partial charge in [0.05, 0.1) is 18.2 Å². The zero-order valence-electron chi connectivity index (χ0n) is 21.3. The highest BCUT2D eigenvalue weighted by molar-refractivity contribution is 14.1. The van der Waals surface area contributed by atoms with Crippen LogP contribution in [0, 0.1) is 11.6 Å². The third-order valence-electron chi connectivity index (χ3n) is 6.66. The number of fused-ring (bicyclic) bond motifs is 1. The number of hydrogen-bond acceptors (Lipinski definition) is 3. The zero-order chi connectivity index (χ0) is 28.2. The number of benzene rings is 3. The lowest BCUT2D eigenvalue weighted by Crippen LogP contribution is -2.32. The van der Waals surface area contributed by atoms with Gasteiger partial charge in [0.15, 0.2) is 0 Å². The van der Waals surface area contributed by atoms with Gasteiger partial charge in [0.25, 0.3) is 0 Å². The highest BCUT2D eigenvalue weighted by Crippen LogP contribution is 2.30. The van der Waals surface area contributed by atoms with Crippen LogP contribution in [0.15, 0.2) is 85.2 Å². The van der Waals surface area contributed by atoms with Crippen molar-refractivity contribution in [2.75, 3.05) is 0 Å². The molecule has 202 valence electrons. The van der Waals surface area contributed by atoms with Gasteiger partial charge in [-0.05, 0) is 71.1 Å². The Morgan fingerprint density at radius 3 is 2.52 bits per heavy atom. The van der Waals surface area contributed by atoms with Gasteiger partial charge in [0, 0.05) is 44.9 Å². The summed E-state index contributed by atoms with van der Waals surface area (Å²) < 4.78 is 29.0. The number of nitrogens with zero attached hydrogens (tertiary/aromatic N) is 1. The number of carbonyl (C=O) groups is 2. The Morgan fingerprint density at radius 1 is 0.975 bits per heavy atom. The van der Waals surface area contributed by atoms with Gasteiger partial charge >= 0.3 is 0 Å². The fourth-order valence-corrected chi connectivity index (χ4v) is 5.31. The maximum absolute atomic E-state index is 14.1. The first-order valence-corrected chi connectivity index (χ1v) is 14.1. The van der Waals surface area contributed by atoms with E-state index in [1.54, 1.807) is 30.5 Å². The minimum Gasteiger partial charge on any atom is -0.366 e. The molecule has 0 spiro atoms. The Labute approximate surface area is 243 Å². The molecule has 0 bridgehead atoms. The van der Waals surface area contributed by atoms with Crippen molar-refractivity contribution >= 4 is 45.3 Å². The standard InChI is InChI=1S/C31H25F2IN4O2/c32-23-9-19(10-24(33)15-23)12-28(30-25(5-2-8-36-30)20-3-1-4-21(13-20)31(35)40)38-29(39)14-22-17-37-27-7-6-18(16-34)11-26(22)27/h1-11,13,15,17,28,37H,12,14,16H2,(H2,35,40)(H,38,39)/t28-/m0/s1. The molecule has 4 N–H and O–H groups in total. The number of amides is 2. The van der Waals surface area contributed by atoms with Crippen molar-refractivity contribution in [1.29, 1.82) is 0 Å². The van der Waals surface area contributed by atoms with Crippen molar-refractivity contribution in [1.82, 2.24) is 15.3 Å². The van der Waals surface area contributed by atoms with E-state index in [1.807, 2.05) is 30.5 Å². The number of rotatable bonds is 9. The average molecular weight is 650 g/mol. The number of carbonyl (C=O) groups excluding carboxylic acids is 2. The molecule has 6 nitrogen and oxygen atoms in total. The number of nitrogens with two attached hydrogens (primary N) is 1. The van der Waals surface area contributed by atoms with Gasteiger partial charge in [-0.2, -0.15) is 0 Å². The van der Waals surface area contributed by atoms with Crippen LogP contribution in [-0.2, 0) is 22.1 Å². The lowest BCUT2D eigenvalue weighted by Gasteiger charge is -2.22. The summed E-state index contributed by atoms with van der Waals surface area (Å²) in [5.74, 6) is -2.26. The molecule has 0 saturated heterocycles. The van der Waals surface area contributed by atoms with Crippen LogP contribution in [-0.4, -0.2) is 21.8 Å². The van der Waals surface area contributed by atoms with Gasteiger partial charge in [-0.25, -0.2) is 8.78 Å². The zero-order valence-corrected chi connectivity index (χ0v) is 23.4. The third-order valence-corrected chi connectivity index (χ3v) is 7.54. The van der Waals surface area contributed by atoms with E-state index in [2.05, 4.69) is 43.9 Å². The summed E-state index contributed by atoms with van der Waals surface area (Å²) >= 11 is 2.30. The number of pyridine rings is 1. The molecule has 0 radical (unpaired) electrons. The fraction of sp³-hybridized carbons (Fsp3) is 0.129. The molecule has 5 aromatic rings. The largest absolute Gasteiger partial charge is 0.366 e. The van der Waals surface area contributed by atoms with Crippen LogP contribution in [0.5, 0.6) is 0 Å². The van der Waals surface area contributed by atoms with E-state index in [0.717, 1.165) is 32.5 Å². The van der Waals surface area contributed by atoms with Gasteiger partial charge < -0.3 is 16.0 Å². The average Bonchev–Trinajstić information content (AvgIpc) is 3.33. The second-order valence-corrected chi connectivity index (χ2v) is 10.3. The summed E-state index contributed by atoms with van der Waals surface area (Å²) in [5.41, 5.74) is 10.9. The molecule has 9 heteroatoms. The summed E-state index contributed by atoms with van der Waals surface area (Å²) in [7, 11) is 0. The molecule has 5 rings (SSSR count). The van der Waals surface area contributed by atoms with E-state index in [4.69, 9.17) is 5.73 Å². The lowest BCUT2D eigenvalue weighted by molar-refractivity contribution is -0.121. The molecule has 0 unspecified atom stereocenters. The summed E-state index contributed by atoms with van der Waals surface area (Å²) in [5, 5.41) is 4.01. The van der Waals surface area contributed by atoms with E-state index < -0.39 is 23.6 Å². The van der Waals surface area contributed by atoms with Crippen LogP contribution in [0.2, 0.25) is 0 Å². The first kappa shape index (κ1) is 27.4. The molecule has 2 amide bonds. The first-order valence-electron chi connectivity index (χ1n) is 12.5. The second kappa shape index (κ2) is 12.0. The van der Waals surface area contributed by atoms with Crippen molar-refractivity contribution in [2.24, 2.45) is 5.73 Å². The van der Waals surface area contributed by atoms with Crippen LogP contribution in [0.1, 0.15) is 38.8 Å². The summed E-state index contributed by atoms with van der Waals surface area (Å²) in [6.45, 7) is 0. The Bertz CT molecular complexity index is 1700. The summed E-state index contributed by atoms with van der Waals surface area (Å²) in [6.07, 6.45) is 3.60. The molecule has 2 aromatic heterocycles. The van der Waals surface area contributed by atoms with Crippen LogP contribution in [0.4, 0.5) is 8.78 Å². The number of H-pyrrole nitrogens is 1. The number of aromatic nitrogens is 2. The highest BCUT2D eigenvalue weighted by atomic mass is 127. The van der Waals surface area contributed by atoms with E-state index in [9.17, 15) is 18.4 Å². The minimum absolute atomic E-state index is 0.0901. The van der Waals surface area contributed by atoms with Gasteiger partial charge in [-0.15, -0.1) is 0 Å². The molecule has 0 aliphatic rings. The highest BCUT2D eigenvalue weighted by Gasteiger charge is 2.22. The van der Waals surface area contributed by atoms with E-state index in [0.29, 0.717) is 27.9 Å². The minimum atomic E-state index is -0.725. The molecule has 40 heavy (non-hydrogen) atoms. The van der Waals surface area contributed by atoms with Crippen LogP contribution in [0.3, 0.4) is 0 Å². The normalized spacial score (nSPS) is 11.9. The molecule has 0 fully saturated rings. The third kappa shape index (κ3) is 6.20. The smallest absolute Gasteiger partial charge is 0.248 e. The van der Waals surface area contributed by atoms with E-state index in [-0.39, 0.29) is 18.7 Å². The lowest BCUT2D eigenvalue weighted by atomic mass is 9.94. The Morgan fingerprint density at radius 2 is 1.77 bits per heavy atom. The molecule has 2 heterocycles. The van der Waals surface area contributed by atoms with Gasteiger partial charge in [-0.3, -0.25) is 14.6 Å². The molecule has 1 atom stereocenters. The van der Waals surface area contributed by atoms with Gasteiger partial charge in [0.2, 0.25) is 11.8 Å². The van der Waals surface area contributed by atoms with Crippen molar-refractivity contribution in [2.45, 2.75) is 23.3 Å². The number of alkyl halides is 1. The number of aromatic amines is 1. The predicted octanol–water partition coefficient (Wildman–Crippen LogP) is 6.18. The number of primary amides is 1. The maximum Gasteiger partial charge on any atom is 0.248 e. The number of halogens is 3. The fourth-order valence-electron chi connectivity index (χ4n) is 4.83. The van der Waals surface area contributed by atoms with Crippen LogP contribution >= 0.6 is 22.6 Å². The quantitative estimate of drug-likeness (QED) is 0.131. The molecule has 3 aromatic carbocycles. The Kier molecular flexibility index (Phi) is 8.20. The van der Waals surface area contributed by atoms with Crippen molar-refractivity contribution < 1.29 is 18.4 Å². The van der Waals surface area contributed by atoms with E-state index >= 15 is 0 Å². The molecule has 0 aliphatic carbocycles.